The first-order valence-corrected chi connectivity index (χ1v) is 15.6. The van der Waals surface area contributed by atoms with Crippen LogP contribution in [0.25, 0.3) is 0 Å². The normalized spacial score (nSPS) is 12.2. The number of sulfonamides is 1. The molecule has 2 amide bonds. The summed E-state index contributed by atoms with van der Waals surface area (Å²) < 4.78 is 29.6. The van der Waals surface area contributed by atoms with Crippen LogP contribution in [0.5, 0.6) is 0 Å². The maximum absolute atomic E-state index is 13.9. The van der Waals surface area contributed by atoms with Crippen molar-refractivity contribution in [3.05, 3.63) is 92.4 Å². The van der Waals surface area contributed by atoms with Crippen molar-refractivity contribution in [2.45, 2.75) is 45.2 Å². The molecule has 0 aliphatic heterocycles. The van der Waals surface area contributed by atoms with Crippen LogP contribution >= 0.6 is 39.1 Å². The van der Waals surface area contributed by atoms with Gasteiger partial charge in [0.2, 0.25) is 11.8 Å². The van der Waals surface area contributed by atoms with E-state index in [0.717, 1.165) is 19.9 Å². The Bertz CT molecular complexity index is 1430. The Morgan fingerprint density at radius 3 is 2.05 bits per heavy atom. The minimum absolute atomic E-state index is 0.00387. The molecule has 11 heteroatoms. The smallest absolute Gasteiger partial charge is 0.264 e. The fourth-order valence-electron chi connectivity index (χ4n) is 3.87. The van der Waals surface area contributed by atoms with Crippen molar-refractivity contribution in [1.29, 1.82) is 0 Å². The van der Waals surface area contributed by atoms with Gasteiger partial charge in [0.05, 0.1) is 10.6 Å². The Kier molecular flexibility index (Phi) is 11.1. The van der Waals surface area contributed by atoms with Gasteiger partial charge in [-0.25, -0.2) is 8.42 Å². The molecule has 3 aromatic carbocycles. The average Bonchev–Trinajstić information content (AvgIpc) is 2.89. The van der Waals surface area contributed by atoms with Gasteiger partial charge in [-0.05, 0) is 67.8 Å². The highest BCUT2D eigenvalue weighted by Crippen LogP contribution is 2.30. The van der Waals surface area contributed by atoms with Crippen molar-refractivity contribution in [3.63, 3.8) is 0 Å². The Labute approximate surface area is 254 Å². The number of rotatable bonds is 11. The Morgan fingerprint density at radius 2 is 1.50 bits per heavy atom. The molecule has 0 aliphatic carbocycles. The molecule has 0 aliphatic rings. The molecule has 0 unspecified atom stereocenters. The molecule has 3 aromatic rings. The number of benzene rings is 3. The number of hydrogen-bond donors (Lipinski definition) is 1. The van der Waals surface area contributed by atoms with Gasteiger partial charge in [0, 0.05) is 27.6 Å². The van der Waals surface area contributed by atoms with Gasteiger partial charge in [-0.15, -0.1) is 0 Å². The number of carbonyl (C=O) groups excluding carboxylic acids is 2. The van der Waals surface area contributed by atoms with Crippen LogP contribution in [0.1, 0.15) is 31.9 Å². The predicted molar refractivity (Wildman–Crippen MR) is 164 cm³/mol. The van der Waals surface area contributed by atoms with E-state index in [9.17, 15) is 18.0 Å². The molecule has 214 valence electrons. The zero-order valence-electron chi connectivity index (χ0n) is 22.7. The van der Waals surface area contributed by atoms with Crippen molar-refractivity contribution < 1.29 is 18.0 Å². The van der Waals surface area contributed by atoms with Crippen molar-refractivity contribution in [3.8, 4) is 0 Å². The van der Waals surface area contributed by atoms with Crippen molar-refractivity contribution >= 4 is 66.7 Å². The van der Waals surface area contributed by atoms with E-state index < -0.39 is 28.5 Å². The first-order valence-electron chi connectivity index (χ1n) is 12.6. The lowest BCUT2D eigenvalue weighted by atomic mass is 10.1. The van der Waals surface area contributed by atoms with Crippen LogP contribution in [0, 0.1) is 12.8 Å². The summed E-state index contributed by atoms with van der Waals surface area (Å²) in [7, 11) is -4.22. The van der Waals surface area contributed by atoms with Crippen LogP contribution in [0.2, 0.25) is 10.0 Å². The lowest BCUT2D eigenvalue weighted by Gasteiger charge is -2.32. The highest BCUT2D eigenvalue weighted by Gasteiger charge is 2.33. The number of anilines is 1. The first-order chi connectivity index (χ1) is 18.8. The van der Waals surface area contributed by atoms with E-state index in [1.54, 1.807) is 19.1 Å². The highest BCUT2D eigenvalue weighted by molar-refractivity contribution is 9.10. The third-order valence-electron chi connectivity index (χ3n) is 6.14. The number of amides is 2. The van der Waals surface area contributed by atoms with Gasteiger partial charge in [-0.2, -0.15) is 0 Å². The SMILES string of the molecule is Cc1ccc(S(=O)(=O)N(CC(=O)N(Cc2ccc(Br)cc2)[C@H](C)C(=O)NCC(C)C)c2cc(Cl)cc(Cl)c2)cc1. The third-order valence-corrected chi connectivity index (χ3v) is 8.89. The number of hydrogen-bond acceptors (Lipinski definition) is 4. The van der Waals surface area contributed by atoms with Crippen LogP contribution in [0.15, 0.2) is 76.1 Å². The largest absolute Gasteiger partial charge is 0.354 e. The minimum atomic E-state index is -4.22. The maximum Gasteiger partial charge on any atom is 0.264 e. The van der Waals surface area contributed by atoms with Crippen LogP contribution in [-0.4, -0.2) is 44.3 Å². The molecular weight excluding hydrogens is 637 g/mol. The molecule has 0 saturated carbocycles. The van der Waals surface area contributed by atoms with E-state index in [-0.39, 0.29) is 39.0 Å². The molecular formula is C29H32BrCl2N3O4S. The van der Waals surface area contributed by atoms with Gasteiger partial charge in [-0.3, -0.25) is 13.9 Å². The first kappa shape index (κ1) is 31.9. The Hall–Kier alpha value is -2.59. The summed E-state index contributed by atoms with van der Waals surface area (Å²) in [6.07, 6.45) is 0. The second-order valence-electron chi connectivity index (χ2n) is 9.92. The summed E-state index contributed by atoms with van der Waals surface area (Å²) in [5, 5.41) is 3.30. The van der Waals surface area contributed by atoms with Crippen LogP contribution in [0.4, 0.5) is 5.69 Å². The van der Waals surface area contributed by atoms with Crippen LogP contribution in [0.3, 0.4) is 0 Å². The van der Waals surface area contributed by atoms with Gasteiger partial charge in [0.15, 0.2) is 0 Å². The zero-order chi connectivity index (χ0) is 29.6. The molecule has 0 aromatic heterocycles. The summed E-state index contributed by atoms with van der Waals surface area (Å²) >= 11 is 15.9. The monoisotopic (exact) mass is 667 g/mol. The second-order valence-corrected chi connectivity index (χ2v) is 13.6. The van der Waals surface area contributed by atoms with Gasteiger partial charge in [0.25, 0.3) is 10.0 Å². The number of aryl methyl sites for hydroxylation is 1. The van der Waals surface area contributed by atoms with E-state index in [1.165, 1.54) is 35.2 Å². The number of carbonyl (C=O) groups is 2. The fraction of sp³-hybridized carbons (Fsp3) is 0.310. The van der Waals surface area contributed by atoms with E-state index in [0.29, 0.717) is 6.54 Å². The topological polar surface area (TPSA) is 86.8 Å². The zero-order valence-corrected chi connectivity index (χ0v) is 26.6. The summed E-state index contributed by atoms with van der Waals surface area (Å²) in [4.78, 5) is 28.4. The third kappa shape index (κ3) is 8.46. The maximum atomic E-state index is 13.9. The molecule has 0 fully saturated rings. The average molecular weight is 669 g/mol. The Morgan fingerprint density at radius 1 is 0.925 bits per heavy atom. The van der Waals surface area contributed by atoms with E-state index in [4.69, 9.17) is 23.2 Å². The lowest BCUT2D eigenvalue weighted by Crippen LogP contribution is -2.51. The quantitative estimate of drug-likeness (QED) is 0.255. The van der Waals surface area contributed by atoms with E-state index in [2.05, 4.69) is 21.2 Å². The summed E-state index contributed by atoms with van der Waals surface area (Å²) in [5.41, 5.74) is 1.79. The minimum Gasteiger partial charge on any atom is -0.354 e. The molecule has 0 saturated heterocycles. The number of nitrogens with one attached hydrogen (secondary N) is 1. The van der Waals surface area contributed by atoms with E-state index >= 15 is 0 Å². The fourth-order valence-corrected chi connectivity index (χ4v) is 6.05. The van der Waals surface area contributed by atoms with Gasteiger partial charge >= 0.3 is 0 Å². The number of nitrogens with zero attached hydrogens (tertiary/aromatic N) is 2. The van der Waals surface area contributed by atoms with Crippen LogP contribution in [-0.2, 0) is 26.2 Å². The lowest BCUT2D eigenvalue weighted by molar-refractivity contribution is -0.139. The second kappa shape index (κ2) is 13.9. The van der Waals surface area contributed by atoms with Gasteiger partial charge in [-0.1, -0.05) is 82.8 Å². The highest BCUT2D eigenvalue weighted by atomic mass is 79.9. The standard InChI is InChI=1S/C29H32BrCl2N3O4S/c1-19(2)16-33-29(37)21(4)34(17-22-7-9-23(30)10-8-22)28(36)18-35(26-14-24(31)13-25(32)15-26)40(38,39)27-11-5-20(3)6-12-27/h5-15,19,21H,16-18H2,1-4H3,(H,33,37)/t21-/m1/s1. The molecule has 0 radical (unpaired) electrons. The molecule has 1 atom stereocenters. The van der Waals surface area contributed by atoms with Gasteiger partial charge in [0.1, 0.15) is 12.6 Å². The summed E-state index contributed by atoms with van der Waals surface area (Å²) in [6.45, 7) is 7.38. The van der Waals surface area contributed by atoms with Crippen molar-refractivity contribution in [2.24, 2.45) is 5.92 Å². The molecule has 1 N–H and O–H groups in total. The van der Waals surface area contributed by atoms with Crippen molar-refractivity contribution in [1.82, 2.24) is 10.2 Å². The summed E-state index contributed by atoms with van der Waals surface area (Å²) in [6, 6.07) is 17.1. The summed E-state index contributed by atoms with van der Waals surface area (Å²) in [5.74, 6) is -0.686. The molecule has 7 nitrogen and oxygen atoms in total. The molecule has 0 bridgehead atoms. The Balaban J connectivity index is 2.04. The molecule has 0 heterocycles. The molecule has 0 spiro atoms. The molecule has 40 heavy (non-hydrogen) atoms. The molecule has 3 rings (SSSR count). The predicted octanol–water partition coefficient (Wildman–Crippen LogP) is 6.45. The van der Waals surface area contributed by atoms with Crippen LogP contribution < -0.4 is 9.62 Å². The van der Waals surface area contributed by atoms with E-state index in [1.807, 2.05) is 45.0 Å². The number of halogens is 3. The van der Waals surface area contributed by atoms with Crippen molar-refractivity contribution in [2.75, 3.05) is 17.4 Å². The van der Waals surface area contributed by atoms with Gasteiger partial charge < -0.3 is 10.2 Å².